The fraction of sp³-hybridized carbons (Fsp3) is 0. The zero-order valence-corrected chi connectivity index (χ0v) is 6.42. The van der Waals surface area contributed by atoms with Crippen molar-refractivity contribution in [3.05, 3.63) is 28.0 Å². The van der Waals surface area contributed by atoms with Crippen LogP contribution in [-0.2, 0) is 0 Å². The Morgan fingerprint density at radius 1 is 1.62 bits per heavy atom. The summed E-state index contributed by atoms with van der Waals surface area (Å²) in [5, 5.41) is 0. The summed E-state index contributed by atoms with van der Waals surface area (Å²) in [5.41, 5.74) is 6.25. The van der Waals surface area contributed by atoms with Gasteiger partial charge in [0.25, 0.3) is 0 Å². The number of nitrogens with two attached hydrogens (primary N) is 1. The van der Waals surface area contributed by atoms with Crippen LogP contribution in [0.3, 0.4) is 0 Å². The Morgan fingerprint density at radius 3 is 3.38 bits per heavy atom. The average molecular weight is 219 g/mol. The molecule has 0 unspecified atom stereocenters. The molecule has 0 aromatic rings. The van der Waals surface area contributed by atoms with Gasteiger partial charge in [0, 0.05) is 11.8 Å². The second kappa shape index (κ2) is 2.84. The molecule has 1 heterocycles. The SMILES string of the molecule is NC1=CC=CI=C=C1. The first-order chi connectivity index (χ1) is 3.89. The van der Waals surface area contributed by atoms with Crippen molar-refractivity contribution in [2.24, 2.45) is 5.73 Å². The number of allylic oxidation sites excluding steroid dienone is 3. The van der Waals surface area contributed by atoms with Gasteiger partial charge in [-0.2, -0.15) is 0 Å². The van der Waals surface area contributed by atoms with E-state index in [0.29, 0.717) is 0 Å². The average Bonchev–Trinajstić information content (AvgIpc) is 1.94. The Bertz CT molecular complexity index is 195. The fourth-order valence-electron chi connectivity index (χ4n) is 0.363. The number of rotatable bonds is 0. The monoisotopic (exact) mass is 219 g/mol. The van der Waals surface area contributed by atoms with E-state index in [1.54, 1.807) is 0 Å². The Morgan fingerprint density at radius 2 is 2.50 bits per heavy atom. The van der Waals surface area contributed by atoms with Crippen LogP contribution in [0.25, 0.3) is 0 Å². The van der Waals surface area contributed by atoms with Gasteiger partial charge in [0.05, 0.1) is 0 Å². The van der Waals surface area contributed by atoms with Crippen LogP contribution in [0.1, 0.15) is 0 Å². The van der Waals surface area contributed by atoms with E-state index in [1.165, 1.54) is 0 Å². The van der Waals surface area contributed by atoms with Crippen LogP contribution in [-0.4, -0.2) is 3.67 Å². The van der Waals surface area contributed by atoms with Crippen LogP contribution in [0.5, 0.6) is 0 Å². The van der Waals surface area contributed by atoms with Gasteiger partial charge < -0.3 is 5.73 Å². The van der Waals surface area contributed by atoms with E-state index in [4.69, 9.17) is 5.73 Å². The minimum Gasteiger partial charge on any atom is -0.398 e. The maximum atomic E-state index is 5.44. The lowest BCUT2D eigenvalue weighted by molar-refractivity contribution is 1.44. The molecule has 0 saturated heterocycles. The standard InChI is InChI=1S/C6H6IN/c8-6-2-1-4-7-5-3-6/h1-4H,8H2. The number of hydrogen-bond acceptors (Lipinski definition) is 1. The summed E-state index contributed by atoms with van der Waals surface area (Å²) in [5.74, 6) is 0. The topological polar surface area (TPSA) is 26.0 Å². The summed E-state index contributed by atoms with van der Waals surface area (Å²) in [4.78, 5) is 0. The van der Waals surface area contributed by atoms with Crippen LogP contribution >= 0.6 is 20.7 Å². The zero-order chi connectivity index (χ0) is 5.82. The third-order valence-corrected chi connectivity index (χ3v) is 2.15. The first kappa shape index (κ1) is 5.79. The Balaban J connectivity index is 2.94. The van der Waals surface area contributed by atoms with Crippen LogP contribution in [0, 0.1) is 0 Å². The van der Waals surface area contributed by atoms with Gasteiger partial charge in [-0.25, -0.2) is 0 Å². The summed E-state index contributed by atoms with van der Waals surface area (Å²) in [6.07, 6.45) is 5.71. The normalized spacial score (nSPS) is 16.8. The summed E-state index contributed by atoms with van der Waals surface area (Å²) < 4.78 is 5.22. The van der Waals surface area contributed by atoms with E-state index in [0.717, 1.165) is 5.70 Å². The highest BCUT2D eigenvalue weighted by atomic mass is 127. The molecule has 1 nitrogen and oxygen atoms in total. The van der Waals surface area contributed by atoms with E-state index >= 15 is 0 Å². The van der Waals surface area contributed by atoms with Gasteiger partial charge in [0.1, 0.15) is 0 Å². The van der Waals surface area contributed by atoms with Gasteiger partial charge in [0.2, 0.25) is 0 Å². The molecule has 2 heteroatoms. The van der Waals surface area contributed by atoms with Gasteiger partial charge >= 0.3 is 0 Å². The second-order valence-corrected chi connectivity index (χ2v) is 3.31. The molecule has 0 amide bonds. The molecule has 0 atom stereocenters. The molecule has 0 fully saturated rings. The molecular weight excluding hydrogens is 213 g/mol. The highest BCUT2D eigenvalue weighted by molar-refractivity contribution is 14.2. The highest BCUT2D eigenvalue weighted by Gasteiger charge is 1.77. The van der Waals surface area contributed by atoms with Gasteiger partial charge in [-0.15, -0.1) is 0 Å². The third kappa shape index (κ3) is 1.64. The van der Waals surface area contributed by atoms with Crippen molar-refractivity contribution in [3.63, 3.8) is 0 Å². The quantitative estimate of drug-likeness (QED) is 0.610. The predicted octanol–water partition coefficient (Wildman–Crippen LogP) is 1.28. The Hall–Kier alpha value is -0.340. The zero-order valence-electron chi connectivity index (χ0n) is 4.26. The Labute approximate surface area is 58.3 Å². The van der Waals surface area contributed by atoms with Gasteiger partial charge in [-0.05, 0) is 30.9 Å². The molecule has 0 aromatic heterocycles. The lowest BCUT2D eigenvalue weighted by Gasteiger charge is -1.80. The predicted molar refractivity (Wildman–Crippen MR) is 45.0 cm³/mol. The maximum Gasteiger partial charge on any atom is 0.0397 e. The first-order valence-electron chi connectivity index (χ1n) is 2.23. The van der Waals surface area contributed by atoms with Crippen molar-refractivity contribution in [2.45, 2.75) is 0 Å². The molecule has 8 heavy (non-hydrogen) atoms. The summed E-state index contributed by atoms with van der Waals surface area (Å²) in [6, 6.07) is 0. The summed E-state index contributed by atoms with van der Waals surface area (Å²) >= 11 is 0.0418. The number of hydrogen-bond donors (Lipinski definition) is 1. The van der Waals surface area contributed by atoms with E-state index < -0.39 is 0 Å². The second-order valence-electron chi connectivity index (χ2n) is 1.35. The molecule has 0 spiro atoms. The van der Waals surface area contributed by atoms with Gasteiger partial charge in [-0.3, -0.25) is 0 Å². The van der Waals surface area contributed by atoms with Gasteiger partial charge in [-0.1, -0.05) is 9.74 Å². The minimum atomic E-state index is 0.0418. The van der Waals surface area contributed by atoms with E-state index in [-0.39, 0.29) is 20.7 Å². The van der Waals surface area contributed by atoms with E-state index in [1.807, 2.05) is 18.2 Å². The number of halogens is 1. The maximum absolute atomic E-state index is 5.44. The molecule has 0 radical (unpaired) electrons. The molecule has 2 N–H and O–H groups in total. The molecule has 1 rings (SSSR count). The highest BCUT2D eigenvalue weighted by Crippen LogP contribution is 2.00. The van der Waals surface area contributed by atoms with Crippen molar-refractivity contribution in [2.75, 3.05) is 0 Å². The van der Waals surface area contributed by atoms with Crippen molar-refractivity contribution >= 4 is 24.4 Å². The minimum absolute atomic E-state index is 0.0418. The molecule has 0 aliphatic carbocycles. The molecule has 1 aliphatic rings. The third-order valence-electron chi connectivity index (χ3n) is 0.709. The molecule has 1 aliphatic heterocycles. The van der Waals surface area contributed by atoms with Crippen molar-refractivity contribution in [1.82, 2.24) is 0 Å². The van der Waals surface area contributed by atoms with Crippen LogP contribution in [0.2, 0.25) is 0 Å². The lowest BCUT2D eigenvalue weighted by Crippen LogP contribution is -1.90. The Kier molecular flexibility index (Phi) is 2.06. The first-order valence-corrected chi connectivity index (χ1v) is 4.55. The summed E-state index contributed by atoms with van der Waals surface area (Å²) in [7, 11) is 0. The van der Waals surface area contributed by atoms with Gasteiger partial charge in [0.15, 0.2) is 0 Å². The smallest absolute Gasteiger partial charge is 0.0397 e. The van der Waals surface area contributed by atoms with Crippen LogP contribution < -0.4 is 5.73 Å². The van der Waals surface area contributed by atoms with Crippen LogP contribution in [0.15, 0.2) is 28.0 Å². The lowest BCUT2D eigenvalue weighted by atomic mass is 10.4. The van der Waals surface area contributed by atoms with Crippen molar-refractivity contribution in [1.29, 1.82) is 0 Å². The molecule has 0 aromatic carbocycles. The summed E-state index contributed by atoms with van der Waals surface area (Å²) in [6.45, 7) is 0. The van der Waals surface area contributed by atoms with E-state index in [9.17, 15) is 0 Å². The molecular formula is C6H6IN. The van der Waals surface area contributed by atoms with Crippen molar-refractivity contribution < 1.29 is 0 Å². The van der Waals surface area contributed by atoms with Crippen LogP contribution in [0.4, 0.5) is 0 Å². The van der Waals surface area contributed by atoms with E-state index in [2.05, 4.69) is 7.75 Å². The fourth-order valence-corrected chi connectivity index (χ4v) is 1.53. The largest absolute Gasteiger partial charge is 0.398 e. The molecule has 0 bridgehead atoms. The van der Waals surface area contributed by atoms with Crippen molar-refractivity contribution in [3.8, 4) is 0 Å². The molecule has 0 saturated carbocycles. The molecule has 42 valence electrons.